The van der Waals surface area contributed by atoms with Gasteiger partial charge in [0, 0.05) is 19.5 Å². The molecule has 0 unspecified atom stereocenters. The molecule has 1 atom stereocenters. The number of hydrogen-bond acceptors (Lipinski definition) is 3. The van der Waals surface area contributed by atoms with Crippen LogP contribution in [0.3, 0.4) is 0 Å². The quantitative estimate of drug-likeness (QED) is 0.373. The van der Waals surface area contributed by atoms with E-state index in [-0.39, 0.29) is 18.2 Å². The normalized spacial score (nSPS) is 11.5. The molecule has 0 radical (unpaired) electrons. The molecule has 0 aromatic heterocycles. The molecule has 0 spiro atoms. The average molecular weight is 473 g/mol. The summed E-state index contributed by atoms with van der Waals surface area (Å²) in [6.45, 7) is 5.02. The van der Waals surface area contributed by atoms with Gasteiger partial charge in [0.1, 0.15) is 11.8 Å². The lowest BCUT2D eigenvalue weighted by molar-refractivity contribution is -0.140. The summed E-state index contributed by atoms with van der Waals surface area (Å²) in [5, 5.41) is 3.06. The molecular formula is C30H36N2O3. The first-order valence-electron chi connectivity index (χ1n) is 12.3. The van der Waals surface area contributed by atoms with Gasteiger partial charge in [-0.15, -0.1) is 0 Å². The second-order valence-electron chi connectivity index (χ2n) is 8.89. The molecule has 184 valence electrons. The minimum atomic E-state index is -0.627. The lowest BCUT2D eigenvalue weighted by Gasteiger charge is -2.32. The molecule has 0 saturated heterocycles. The Morgan fingerprint density at radius 3 is 2.34 bits per heavy atom. The first-order chi connectivity index (χ1) is 17.0. The highest BCUT2D eigenvalue weighted by Crippen LogP contribution is 2.19. The Hall–Kier alpha value is -3.60. The molecule has 3 rings (SSSR count). The number of hydrogen-bond donors (Lipinski definition) is 1. The fraction of sp³-hybridized carbons (Fsp3) is 0.333. The van der Waals surface area contributed by atoms with Crippen LogP contribution in [-0.2, 0) is 29.0 Å². The number of amides is 2. The monoisotopic (exact) mass is 472 g/mol. The number of carbonyl (C=O) groups is 2. The van der Waals surface area contributed by atoms with Crippen LogP contribution in [0.4, 0.5) is 0 Å². The van der Waals surface area contributed by atoms with Crippen molar-refractivity contribution in [1.82, 2.24) is 10.2 Å². The smallest absolute Gasteiger partial charge is 0.243 e. The van der Waals surface area contributed by atoms with E-state index in [1.54, 1.807) is 12.0 Å². The van der Waals surface area contributed by atoms with E-state index in [1.807, 2.05) is 85.8 Å². The van der Waals surface area contributed by atoms with E-state index in [1.165, 1.54) is 0 Å². The van der Waals surface area contributed by atoms with Crippen LogP contribution in [0.1, 0.15) is 42.0 Å². The predicted octanol–water partition coefficient (Wildman–Crippen LogP) is 5.10. The molecule has 0 aliphatic rings. The zero-order valence-electron chi connectivity index (χ0n) is 21.0. The van der Waals surface area contributed by atoms with Gasteiger partial charge in [0.15, 0.2) is 0 Å². The van der Waals surface area contributed by atoms with E-state index in [0.29, 0.717) is 19.5 Å². The van der Waals surface area contributed by atoms with Crippen molar-refractivity contribution in [3.63, 3.8) is 0 Å². The molecule has 0 aliphatic heterocycles. The Labute approximate surface area is 209 Å². The second kappa shape index (κ2) is 13.3. The Balaban J connectivity index is 1.95. The number of carbonyl (C=O) groups excluding carboxylic acids is 2. The van der Waals surface area contributed by atoms with Crippen LogP contribution in [0.5, 0.6) is 5.75 Å². The van der Waals surface area contributed by atoms with Crippen LogP contribution in [0, 0.1) is 6.92 Å². The van der Waals surface area contributed by atoms with Gasteiger partial charge in [-0.25, -0.2) is 0 Å². The van der Waals surface area contributed by atoms with Gasteiger partial charge < -0.3 is 15.0 Å². The van der Waals surface area contributed by atoms with Crippen LogP contribution < -0.4 is 10.1 Å². The van der Waals surface area contributed by atoms with Crippen LogP contribution in [0.15, 0.2) is 78.9 Å². The Bertz CT molecular complexity index is 1100. The number of rotatable bonds is 12. The van der Waals surface area contributed by atoms with Crippen molar-refractivity contribution in [2.24, 2.45) is 0 Å². The molecule has 3 aromatic carbocycles. The second-order valence-corrected chi connectivity index (χ2v) is 8.89. The Morgan fingerprint density at radius 2 is 1.63 bits per heavy atom. The zero-order valence-corrected chi connectivity index (χ0v) is 21.0. The maximum Gasteiger partial charge on any atom is 0.243 e. The van der Waals surface area contributed by atoms with Crippen LogP contribution in [0.2, 0.25) is 0 Å². The maximum absolute atomic E-state index is 13.8. The summed E-state index contributed by atoms with van der Waals surface area (Å²) in [5.74, 6) is 0.522. The van der Waals surface area contributed by atoms with E-state index in [4.69, 9.17) is 4.74 Å². The first kappa shape index (κ1) is 26.0. The number of ether oxygens (including phenoxy) is 1. The molecule has 35 heavy (non-hydrogen) atoms. The fourth-order valence-corrected chi connectivity index (χ4v) is 4.13. The number of unbranched alkanes of at least 4 members (excludes halogenated alkanes) is 1. The van der Waals surface area contributed by atoms with Gasteiger partial charge in [0.2, 0.25) is 11.8 Å². The molecule has 5 nitrogen and oxygen atoms in total. The highest BCUT2D eigenvalue weighted by atomic mass is 16.5. The van der Waals surface area contributed by atoms with Gasteiger partial charge in [-0.1, -0.05) is 85.6 Å². The Morgan fingerprint density at radius 1 is 0.914 bits per heavy atom. The fourth-order valence-electron chi connectivity index (χ4n) is 4.13. The summed E-state index contributed by atoms with van der Waals surface area (Å²) >= 11 is 0. The van der Waals surface area contributed by atoms with Gasteiger partial charge in [0.05, 0.1) is 13.5 Å². The number of nitrogens with one attached hydrogen (secondary N) is 1. The van der Waals surface area contributed by atoms with Gasteiger partial charge in [-0.05, 0) is 42.2 Å². The topological polar surface area (TPSA) is 58.6 Å². The van der Waals surface area contributed by atoms with Crippen molar-refractivity contribution >= 4 is 11.8 Å². The lowest BCUT2D eigenvalue weighted by Crippen LogP contribution is -2.51. The van der Waals surface area contributed by atoms with Crippen LogP contribution >= 0.6 is 0 Å². The van der Waals surface area contributed by atoms with E-state index >= 15 is 0 Å². The van der Waals surface area contributed by atoms with E-state index < -0.39 is 6.04 Å². The first-order valence-corrected chi connectivity index (χ1v) is 12.3. The molecule has 0 heterocycles. The molecular weight excluding hydrogens is 436 g/mol. The molecule has 0 saturated carbocycles. The third kappa shape index (κ3) is 7.99. The van der Waals surface area contributed by atoms with Gasteiger partial charge in [0.25, 0.3) is 0 Å². The van der Waals surface area contributed by atoms with Crippen molar-refractivity contribution < 1.29 is 14.3 Å². The predicted molar refractivity (Wildman–Crippen MR) is 140 cm³/mol. The standard InChI is InChI=1S/C30H36N2O3/c1-4-5-17-31-30(34)28(20-24-12-7-6-8-13-24)32(22-26-15-10-16-27(19-26)35-3)29(33)21-25-14-9-11-23(2)18-25/h6-16,18-19,28H,4-5,17,20-22H2,1-3H3,(H,31,34)/t28-/m1/s1. The molecule has 3 aromatic rings. The highest BCUT2D eigenvalue weighted by Gasteiger charge is 2.30. The lowest BCUT2D eigenvalue weighted by atomic mass is 10.0. The summed E-state index contributed by atoms with van der Waals surface area (Å²) in [6, 6.07) is 24.9. The number of methoxy groups -OCH3 is 1. The summed E-state index contributed by atoms with van der Waals surface area (Å²) in [5.41, 5.74) is 3.98. The summed E-state index contributed by atoms with van der Waals surface area (Å²) in [6.07, 6.45) is 2.57. The zero-order chi connectivity index (χ0) is 25.0. The number of aryl methyl sites for hydroxylation is 1. The van der Waals surface area contributed by atoms with E-state index in [0.717, 1.165) is 40.8 Å². The van der Waals surface area contributed by atoms with E-state index in [9.17, 15) is 9.59 Å². The molecule has 2 amide bonds. The van der Waals surface area contributed by atoms with Crippen LogP contribution in [0.25, 0.3) is 0 Å². The highest BCUT2D eigenvalue weighted by molar-refractivity contribution is 5.88. The summed E-state index contributed by atoms with van der Waals surface area (Å²) in [4.78, 5) is 28.9. The number of nitrogens with zero attached hydrogens (tertiary/aromatic N) is 1. The van der Waals surface area contributed by atoms with Crippen molar-refractivity contribution in [2.45, 2.75) is 52.1 Å². The molecule has 0 fully saturated rings. The molecule has 0 aliphatic carbocycles. The van der Waals surface area contributed by atoms with Crippen molar-refractivity contribution in [2.75, 3.05) is 13.7 Å². The molecule has 0 bridgehead atoms. The van der Waals surface area contributed by atoms with Crippen molar-refractivity contribution in [3.05, 3.63) is 101 Å². The van der Waals surface area contributed by atoms with Crippen LogP contribution in [-0.4, -0.2) is 36.4 Å². The minimum Gasteiger partial charge on any atom is -0.497 e. The van der Waals surface area contributed by atoms with Gasteiger partial charge >= 0.3 is 0 Å². The van der Waals surface area contributed by atoms with Gasteiger partial charge in [-0.2, -0.15) is 0 Å². The minimum absolute atomic E-state index is 0.0787. The summed E-state index contributed by atoms with van der Waals surface area (Å²) in [7, 11) is 1.62. The maximum atomic E-state index is 13.8. The largest absolute Gasteiger partial charge is 0.497 e. The van der Waals surface area contributed by atoms with Crippen molar-refractivity contribution in [3.8, 4) is 5.75 Å². The Kier molecular flexibility index (Phi) is 9.91. The van der Waals surface area contributed by atoms with Gasteiger partial charge in [-0.3, -0.25) is 9.59 Å². The third-order valence-corrected chi connectivity index (χ3v) is 6.03. The third-order valence-electron chi connectivity index (χ3n) is 6.03. The average Bonchev–Trinajstić information content (AvgIpc) is 2.87. The summed E-state index contributed by atoms with van der Waals surface area (Å²) < 4.78 is 5.39. The number of benzene rings is 3. The van der Waals surface area contributed by atoms with E-state index in [2.05, 4.69) is 12.2 Å². The molecule has 1 N–H and O–H groups in total. The molecule has 5 heteroatoms. The SMILES string of the molecule is CCCCNC(=O)[C@@H](Cc1ccccc1)N(Cc1cccc(OC)c1)C(=O)Cc1cccc(C)c1. The van der Waals surface area contributed by atoms with Crippen molar-refractivity contribution in [1.29, 1.82) is 0 Å².